The third-order valence-corrected chi connectivity index (χ3v) is 2.04. The Balaban J connectivity index is 2.57. The van der Waals surface area contributed by atoms with Crippen molar-refractivity contribution in [2.45, 2.75) is 13.0 Å². The standard InChI is InChI=1S/C9H8F3N3/c10-8(11)4-15-7-2-1-5(13)3-6(7)9(12)14-15/h1-3,8H,4,13H2. The molecule has 2 N–H and O–H groups in total. The molecule has 0 aliphatic heterocycles. The predicted octanol–water partition coefficient (Wildman–Crippen LogP) is 2.02. The molecule has 0 spiro atoms. The van der Waals surface area contributed by atoms with Crippen LogP contribution >= 0.6 is 0 Å². The van der Waals surface area contributed by atoms with Gasteiger partial charge in [0.1, 0.15) is 6.54 Å². The van der Waals surface area contributed by atoms with Crippen molar-refractivity contribution in [3.05, 3.63) is 24.1 Å². The molecule has 1 heterocycles. The van der Waals surface area contributed by atoms with Gasteiger partial charge in [0.15, 0.2) is 0 Å². The third-order valence-electron chi connectivity index (χ3n) is 2.04. The van der Waals surface area contributed by atoms with Gasteiger partial charge in [-0.1, -0.05) is 0 Å². The topological polar surface area (TPSA) is 43.8 Å². The lowest BCUT2D eigenvalue weighted by atomic mass is 10.2. The highest BCUT2D eigenvalue weighted by atomic mass is 19.3. The molecule has 0 bridgehead atoms. The molecule has 6 heteroatoms. The summed E-state index contributed by atoms with van der Waals surface area (Å²) < 4.78 is 38.4. The van der Waals surface area contributed by atoms with Gasteiger partial charge in [0.25, 0.3) is 6.43 Å². The zero-order chi connectivity index (χ0) is 11.0. The lowest BCUT2D eigenvalue weighted by Gasteiger charge is -2.01. The number of alkyl halides is 2. The fraction of sp³-hybridized carbons (Fsp3) is 0.222. The van der Waals surface area contributed by atoms with Crippen LogP contribution in [0.2, 0.25) is 0 Å². The number of nitrogen functional groups attached to an aromatic ring is 1. The summed E-state index contributed by atoms with van der Waals surface area (Å²) in [4.78, 5) is 0. The monoisotopic (exact) mass is 215 g/mol. The zero-order valence-corrected chi connectivity index (χ0v) is 7.62. The summed E-state index contributed by atoms with van der Waals surface area (Å²) >= 11 is 0. The number of anilines is 1. The lowest BCUT2D eigenvalue weighted by Crippen LogP contribution is -2.07. The van der Waals surface area contributed by atoms with Crippen LogP contribution in [0.4, 0.5) is 18.9 Å². The van der Waals surface area contributed by atoms with Gasteiger partial charge in [-0.25, -0.2) is 8.78 Å². The van der Waals surface area contributed by atoms with Crippen molar-refractivity contribution in [3.8, 4) is 0 Å². The van der Waals surface area contributed by atoms with E-state index in [4.69, 9.17) is 5.73 Å². The minimum absolute atomic E-state index is 0.163. The Labute approximate surface area is 83.3 Å². The van der Waals surface area contributed by atoms with Crippen LogP contribution in [0.15, 0.2) is 18.2 Å². The van der Waals surface area contributed by atoms with Crippen LogP contribution in [-0.2, 0) is 6.54 Å². The van der Waals surface area contributed by atoms with E-state index in [2.05, 4.69) is 5.10 Å². The van der Waals surface area contributed by atoms with Gasteiger partial charge in [-0.2, -0.15) is 4.39 Å². The summed E-state index contributed by atoms with van der Waals surface area (Å²) in [6, 6.07) is 4.37. The van der Waals surface area contributed by atoms with Crippen LogP contribution in [0.25, 0.3) is 10.9 Å². The zero-order valence-electron chi connectivity index (χ0n) is 7.62. The highest BCUT2D eigenvalue weighted by Crippen LogP contribution is 2.20. The number of fused-ring (bicyclic) bond motifs is 1. The summed E-state index contributed by atoms with van der Waals surface area (Å²) in [5, 5.41) is 3.55. The molecule has 2 aromatic rings. The Morgan fingerprint density at radius 3 is 2.80 bits per heavy atom. The molecule has 1 aromatic carbocycles. The molecular weight excluding hydrogens is 207 g/mol. The van der Waals surface area contributed by atoms with Gasteiger partial charge in [-0.15, -0.1) is 5.10 Å². The molecule has 0 radical (unpaired) electrons. The van der Waals surface area contributed by atoms with Crippen LogP contribution in [0.5, 0.6) is 0 Å². The molecule has 80 valence electrons. The van der Waals surface area contributed by atoms with Gasteiger partial charge in [0.2, 0.25) is 5.95 Å². The van der Waals surface area contributed by atoms with E-state index in [1.165, 1.54) is 18.2 Å². The first-order valence-corrected chi connectivity index (χ1v) is 4.27. The maximum absolute atomic E-state index is 13.2. The highest BCUT2D eigenvalue weighted by Gasteiger charge is 2.13. The Bertz CT molecular complexity index is 493. The Morgan fingerprint density at radius 2 is 2.13 bits per heavy atom. The highest BCUT2D eigenvalue weighted by molar-refractivity contribution is 5.82. The number of nitrogens with two attached hydrogens (primary N) is 1. The quantitative estimate of drug-likeness (QED) is 0.779. The van der Waals surface area contributed by atoms with E-state index in [1.54, 1.807) is 0 Å². The van der Waals surface area contributed by atoms with E-state index in [9.17, 15) is 13.2 Å². The third kappa shape index (κ3) is 1.74. The van der Waals surface area contributed by atoms with Crippen molar-refractivity contribution in [2.24, 2.45) is 0 Å². The van der Waals surface area contributed by atoms with Crippen molar-refractivity contribution < 1.29 is 13.2 Å². The van der Waals surface area contributed by atoms with Gasteiger partial charge >= 0.3 is 0 Å². The Kier molecular flexibility index (Phi) is 2.26. The average Bonchev–Trinajstić information content (AvgIpc) is 2.42. The Morgan fingerprint density at radius 1 is 1.40 bits per heavy atom. The molecule has 0 saturated heterocycles. The summed E-state index contributed by atoms with van der Waals surface area (Å²) in [7, 11) is 0. The number of aromatic nitrogens is 2. The minimum Gasteiger partial charge on any atom is -0.399 e. The molecule has 0 unspecified atom stereocenters. The maximum atomic E-state index is 13.2. The van der Waals surface area contributed by atoms with Gasteiger partial charge in [0, 0.05) is 5.69 Å². The number of hydrogen-bond donors (Lipinski definition) is 1. The fourth-order valence-electron chi connectivity index (χ4n) is 1.43. The van der Waals surface area contributed by atoms with Crippen molar-refractivity contribution in [2.75, 3.05) is 5.73 Å². The van der Waals surface area contributed by atoms with Crippen molar-refractivity contribution >= 4 is 16.6 Å². The maximum Gasteiger partial charge on any atom is 0.257 e. The van der Waals surface area contributed by atoms with Gasteiger partial charge in [-0.05, 0) is 18.2 Å². The van der Waals surface area contributed by atoms with E-state index >= 15 is 0 Å². The van der Waals surface area contributed by atoms with Crippen molar-refractivity contribution in [1.82, 2.24) is 9.78 Å². The largest absolute Gasteiger partial charge is 0.399 e. The van der Waals surface area contributed by atoms with Crippen molar-refractivity contribution in [3.63, 3.8) is 0 Å². The second-order valence-corrected chi connectivity index (χ2v) is 3.14. The van der Waals surface area contributed by atoms with Crippen LogP contribution in [0.3, 0.4) is 0 Å². The second-order valence-electron chi connectivity index (χ2n) is 3.14. The van der Waals surface area contributed by atoms with E-state index in [1.807, 2.05) is 0 Å². The molecule has 0 atom stereocenters. The molecule has 3 nitrogen and oxygen atoms in total. The SMILES string of the molecule is Nc1ccc2c(c1)c(F)nn2CC(F)F. The normalized spacial score (nSPS) is 11.5. The van der Waals surface area contributed by atoms with Crippen LogP contribution in [0, 0.1) is 5.95 Å². The fourth-order valence-corrected chi connectivity index (χ4v) is 1.43. The molecule has 15 heavy (non-hydrogen) atoms. The molecular formula is C9H8F3N3. The van der Waals surface area contributed by atoms with E-state index in [0.29, 0.717) is 11.2 Å². The summed E-state index contributed by atoms with van der Waals surface area (Å²) in [5.74, 6) is -0.780. The number of nitrogens with zero attached hydrogens (tertiary/aromatic N) is 2. The molecule has 1 aromatic heterocycles. The number of benzene rings is 1. The van der Waals surface area contributed by atoms with Crippen LogP contribution in [-0.4, -0.2) is 16.2 Å². The van der Waals surface area contributed by atoms with Crippen LogP contribution in [0.1, 0.15) is 0 Å². The minimum atomic E-state index is -2.56. The summed E-state index contributed by atoms with van der Waals surface area (Å²) in [5.41, 5.74) is 6.15. The first-order valence-electron chi connectivity index (χ1n) is 4.27. The molecule has 0 fully saturated rings. The second kappa shape index (κ2) is 3.45. The van der Waals surface area contributed by atoms with Gasteiger partial charge < -0.3 is 5.73 Å². The molecule has 0 aliphatic carbocycles. The van der Waals surface area contributed by atoms with E-state index in [-0.39, 0.29) is 5.39 Å². The summed E-state index contributed by atoms with van der Waals surface area (Å²) in [6.45, 7) is -0.621. The molecule has 2 rings (SSSR count). The molecule has 0 amide bonds. The molecule has 0 aliphatic rings. The first-order chi connectivity index (χ1) is 7.08. The lowest BCUT2D eigenvalue weighted by molar-refractivity contribution is 0.123. The van der Waals surface area contributed by atoms with E-state index in [0.717, 1.165) is 4.68 Å². The number of halogens is 3. The first kappa shape index (κ1) is 9.82. The predicted molar refractivity (Wildman–Crippen MR) is 50.1 cm³/mol. The summed E-state index contributed by atoms with van der Waals surface area (Å²) in [6.07, 6.45) is -2.56. The number of hydrogen-bond acceptors (Lipinski definition) is 2. The van der Waals surface area contributed by atoms with Crippen molar-refractivity contribution in [1.29, 1.82) is 0 Å². The number of rotatable bonds is 2. The molecule has 0 saturated carbocycles. The van der Waals surface area contributed by atoms with E-state index < -0.39 is 18.9 Å². The van der Waals surface area contributed by atoms with Gasteiger partial charge in [0.05, 0.1) is 10.9 Å². The average molecular weight is 215 g/mol. The van der Waals surface area contributed by atoms with Crippen LogP contribution < -0.4 is 5.73 Å². The smallest absolute Gasteiger partial charge is 0.257 e. The van der Waals surface area contributed by atoms with Gasteiger partial charge in [-0.3, -0.25) is 4.68 Å². The Hall–Kier alpha value is -1.72.